The molecule has 98 valence electrons. The van der Waals surface area contributed by atoms with Crippen molar-refractivity contribution in [3.05, 3.63) is 35.4 Å². The first-order valence-corrected chi connectivity index (χ1v) is 6.10. The van der Waals surface area contributed by atoms with Gasteiger partial charge in [-0.2, -0.15) is 0 Å². The predicted molar refractivity (Wildman–Crippen MR) is 64.1 cm³/mol. The number of hydrogen-bond acceptors (Lipinski definition) is 2. The monoisotopic (exact) mass is 254 g/mol. The van der Waals surface area contributed by atoms with Crippen molar-refractivity contribution in [1.29, 1.82) is 0 Å². The van der Waals surface area contributed by atoms with Crippen molar-refractivity contribution in [2.45, 2.75) is 25.3 Å². The lowest BCUT2D eigenvalue weighted by Crippen LogP contribution is -2.47. The number of carbonyl (C=O) groups excluding carboxylic acids is 1. The van der Waals surface area contributed by atoms with Gasteiger partial charge >= 0.3 is 0 Å². The number of nitrogens with two attached hydrogens (primary N) is 1. The molecule has 0 spiro atoms. The van der Waals surface area contributed by atoms with Gasteiger partial charge in [0.05, 0.1) is 0 Å². The molecule has 0 heterocycles. The number of carbonyl (C=O) groups is 1. The standard InChI is InChI=1S/C13H16F2N2O/c14-10-5-2-6-11(15)12(10)13(18)17(8-7-16)9-3-1-4-9/h2,5-6,9H,1,3-4,7-8,16H2. The molecule has 1 aromatic carbocycles. The summed E-state index contributed by atoms with van der Waals surface area (Å²) in [6.45, 7) is 0.621. The minimum absolute atomic E-state index is 0.0695. The van der Waals surface area contributed by atoms with E-state index in [1.54, 1.807) is 0 Å². The van der Waals surface area contributed by atoms with E-state index in [0.717, 1.165) is 31.4 Å². The normalized spacial score (nSPS) is 15.3. The van der Waals surface area contributed by atoms with Gasteiger partial charge < -0.3 is 10.6 Å². The first-order chi connectivity index (χ1) is 8.65. The lowest BCUT2D eigenvalue weighted by Gasteiger charge is -2.37. The smallest absolute Gasteiger partial charge is 0.260 e. The van der Waals surface area contributed by atoms with Crippen LogP contribution in [0.3, 0.4) is 0 Å². The molecule has 0 saturated heterocycles. The quantitative estimate of drug-likeness (QED) is 0.892. The number of benzene rings is 1. The van der Waals surface area contributed by atoms with Crippen LogP contribution in [-0.2, 0) is 0 Å². The summed E-state index contributed by atoms with van der Waals surface area (Å²) in [6.07, 6.45) is 2.79. The van der Waals surface area contributed by atoms with Gasteiger partial charge in [0.15, 0.2) is 0 Å². The van der Waals surface area contributed by atoms with Crippen LogP contribution in [-0.4, -0.2) is 29.9 Å². The number of halogens is 2. The molecule has 1 saturated carbocycles. The van der Waals surface area contributed by atoms with E-state index in [1.165, 1.54) is 11.0 Å². The highest BCUT2D eigenvalue weighted by Gasteiger charge is 2.31. The fourth-order valence-electron chi connectivity index (χ4n) is 2.13. The lowest BCUT2D eigenvalue weighted by atomic mass is 9.91. The van der Waals surface area contributed by atoms with Crippen LogP contribution in [0, 0.1) is 11.6 Å². The molecule has 18 heavy (non-hydrogen) atoms. The average Bonchev–Trinajstić information content (AvgIpc) is 2.25. The zero-order valence-electron chi connectivity index (χ0n) is 10.0. The van der Waals surface area contributed by atoms with Crippen molar-refractivity contribution in [2.24, 2.45) is 5.73 Å². The van der Waals surface area contributed by atoms with E-state index in [-0.39, 0.29) is 12.6 Å². The van der Waals surface area contributed by atoms with Crippen LogP contribution in [0.4, 0.5) is 8.78 Å². The van der Waals surface area contributed by atoms with Crippen LogP contribution in [0.1, 0.15) is 29.6 Å². The van der Waals surface area contributed by atoms with Gasteiger partial charge in [0.1, 0.15) is 17.2 Å². The molecule has 0 radical (unpaired) electrons. The number of hydrogen-bond donors (Lipinski definition) is 1. The molecule has 3 nitrogen and oxygen atoms in total. The molecule has 2 N–H and O–H groups in total. The first-order valence-electron chi connectivity index (χ1n) is 6.10. The van der Waals surface area contributed by atoms with Crippen LogP contribution in [0.25, 0.3) is 0 Å². The van der Waals surface area contributed by atoms with E-state index in [2.05, 4.69) is 0 Å². The molecule has 0 atom stereocenters. The van der Waals surface area contributed by atoms with Crippen molar-refractivity contribution < 1.29 is 13.6 Å². The summed E-state index contributed by atoms with van der Waals surface area (Å²) in [5.41, 5.74) is 4.98. The Morgan fingerprint density at radius 1 is 1.33 bits per heavy atom. The summed E-state index contributed by atoms with van der Waals surface area (Å²) in [5, 5.41) is 0. The summed E-state index contributed by atoms with van der Waals surface area (Å²) in [4.78, 5) is 13.7. The molecule has 0 bridgehead atoms. The van der Waals surface area contributed by atoms with Gasteiger partial charge in [0.25, 0.3) is 5.91 Å². The third kappa shape index (κ3) is 2.36. The molecular weight excluding hydrogens is 238 g/mol. The highest BCUT2D eigenvalue weighted by Crippen LogP contribution is 2.27. The minimum Gasteiger partial charge on any atom is -0.334 e. The molecule has 1 aromatic rings. The Morgan fingerprint density at radius 3 is 2.39 bits per heavy atom. The molecule has 1 amide bonds. The van der Waals surface area contributed by atoms with Crippen molar-refractivity contribution in [3.8, 4) is 0 Å². The maximum Gasteiger partial charge on any atom is 0.260 e. The first kappa shape index (κ1) is 13.0. The molecule has 1 aliphatic rings. The Labute approximate surface area is 105 Å². The summed E-state index contributed by atoms with van der Waals surface area (Å²) in [6, 6.07) is 3.51. The Morgan fingerprint density at radius 2 is 1.94 bits per heavy atom. The third-order valence-electron chi connectivity index (χ3n) is 3.32. The Balaban J connectivity index is 2.27. The van der Waals surface area contributed by atoms with Crippen molar-refractivity contribution in [2.75, 3.05) is 13.1 Å². The summed E-state index contributed by atoms with van der Waals surface area (Å²) in [7, 11) is 0. The van der Waals surface area contributed by atoms with Crippen LogP contribution in [0.2, 0.25) is 0 Å². The average molecular weight is 254 g/mol. The zero-order valence-corrected chi connectivity index (χ0v) is 10.0. The van der Waals surface area contributed by atoms with Crippen molar-refractivity contribution in [3.63, 3.8) is 0 Å². The Hall–Kier alpha value is -1.49. The second-order valence-electron chi connectivity index (χ2n) is 4.47. The van der Waals surface area contributed by atoms with E-state index in [1.807, 2.05) is 0 Å². The molecule has 1 aliphatic carbocycles. The summed E-state index contributed by atoms with van der Waals surface area (Å²) in [5.74, 6) is -2.23. The van der Waals surface area contributed by atoms with E-state index < -0.39 is 23.1 Å². The van der Waals surface area contributed by atoms with Gasteiger partial charge in [-0.05, 0) is 31.4 Å². The maximum atomic E-state index is 13.6. The fraction of sp³-hybridized carbons (Fsp3) is 0.462. The SMILES string of the molecule is NCCN(C(=O)c1c(F)cccc1F)C1CCC1. The topological polar surface area (TPSA) is 46.3 Å². The summed E-state index contributed by atoms with van der Waals surface area (Å²) >= 11 is 0. The summed E-state index contributed by atoms with van der Waals surface area (Å²) < 4.78 is 27.1. The zero-order chi connectivity index (χ0) is 13.1. The molecular formula is C13H16F2N2O. The van der Waals surface area contributed by atoms with Crippen LogP contribution >= 0.6 is 0 Å². The van der Waals surface area contributed by atoms with Gasteiger partial charge in [0.2, 0.25) is 0 Å². The number of rotatable bonds is 4. The van der Waals surface area contributed by atoms with Gasteiger partial charge in [-0.25, -0.2) is 8.78 Å². The van der Waals surface area contributed by atoms with Gasteiger partial charge in [-0.1, -0.05) is 6.07 Å². The second kappa shape index (κ2) is 5.44. The maximum absolute atomic E-state index is 13.6. The van der Waals surface area contributed by atoms with E-state index >= 15 is 0 Å². The van der Waals surface area contributed by atoms with Crippen LogP contribution < -0.4 is 5.73 Å². The van der Waals surface area contributed by atoms with E-state index in [9.17, 15) is 13.6 Å². The van der Waals surface area contributed by atoms with Crippen molar-refractivity contribution in [1.82, 2.24) is 4.90 Å². The van der Waals surface area contributed by atoms with Crippen LogP contribution in [0.5, 0.6) is 0 Å². The van der Waals surface area contributed by atoms with E-state index in [4.69, 9.17) is 5.73 Å². The second-order valence-corrected chi connectivity index (χ2v) is 4.47. The van der Waals surface area contributed by atoms with Gasteiger partial charge in [-0.15, -0.1) is 0 Å². The molecule has 1 fully saturated rings. The molecule has 0 unspecified atom stereocenters. The third-order valence-corrected chi connectivity index (χ3v) is 3.32. The lowest BCUT2D eigenvalue weighted by molar-refractivity contribution is 0.0579. The molecule has 0 aromatic heterocycles. The highest BCUT2D eigenvalue weighted by molar-refractivity contribution is 5.95. The Bertz CT molecular complexity index is 426. The van der Waals surface area contributed by atoms with Crippen molar-refractivity contribution >= 4 is 5.91 Å². The fourth-order valence-corrected chi connectivity index (χ4v) is 2.13. The number of nitrogens with zero attached hydrogens (tertiary/aromatic N) is 1. The van der Waals surface area contributed by atoms with Crippen LogP contribution in [0.15, 0.2) is 18.2 Å². The molecule has 0 aliphatic heterocycles. The van der Waals surface area contributed by atoms with Gasteiger partial charge in [-0.3, -0.25) is 4.79 Å². The van der Waals surface area contributed by atoms with E-state index in [0.29, 0.717) is 6.54 Å². The number of amides is 1. The Kier molecular flexibility index (Phi) is 3.91. The molecule has 2 rings (SSSR count). The molecule has 5 heteroatoms. The van der Waals surface area contributed by atoms with Gasteiger partial charge in [0, 0.05) is 19.1 Å². The predicted octanol–water partition coefficient (Wildman–Crippen LogP) is 1.92. The minimum atomic E-state index is -0.818. The highest BCUT2D eigenvalue weighted by atomic mass is 19.1. The largest absolute Gasteiger partial charge is 0.334 e.